The van der Waals surface area contributed by atoms with Crippen LogP contribution in [-0.2, 0) is 21.2 Å². The van der Waals surface area contributed by atoms with E-state index in [4.69, 9.17) is 0 Å². The number of carbonyl (C=O) groups excluding carboxylic acids is 2. The first-order valence-corrected chi connectivity index (χ1v) is 13.0. The number of aromatic nitrogens is 2. The first-order valence-electron chi connectivity index (χ1n) is 11.0. The van der Waals surface area contributed by atoms with Crippen LogP contribution < -0.4 is 10.6 Å². The summed E-state index contributed by atoms with van der Waals surface area (Å²) in [6.45, 7) is 5.87. The number of amides is 2. The number of hydrogen-bond donors (Lipinski definition) is 2. The van der Waals surface area contributed by atoms with E-state index in [2.05, 4.69) is 15.7 Å². The Hall–Kier alpha value is -3.46. The van der Waals surface area contributed by atoms with Gasteiger partial charge in [-0.15, -0.1) is 0 Å². The lowest BCUT2D eigenvalue weighted by Gasteiger charge is -2.18. The molecule has 2 amide bonds. The van der Waals surface area contributed by atoms with Crippen LogP contribution in [0.5, 0.6) is 0 Å². The fourth-order valence-electron chi connectivity index (χ4n) is 3.68. The van der Waals surface area contributed by atoms with E-state index in [1.807, 2.05) is 61.9 Å². The minimum Gasteiger partial charge on any atom is -0.350 e. The molecule has 8 nitrogen and oxygen atoms in total. The first-order chi connectivity index (χ1) is 16.0. The molecule has 3 aromatic rings. The molecule has 180 valence electrons. The number of nitrogens with one attached hydrogen (secondary N) is 2. The number of rotatable bonds is 9. The summed E-state index contributed by atoms with van der Waals surface area (Å²) in [5.74, 6) is -1.10. The highest BCUT2D eigenvalue weighted by Crippen LogP contribution is 2.17. The predicted molar refractivity (Wildman–Crippen MR) is 132 cm³/mol. The van der Waals surface area contributed by atoms with Crippen molar-refractivity contribution in [2.45, 2.75) is 39.8 Å². The van der Waals surface area contributed by atoms with Crippen molar-refractivity contribution in [3.8, 4) is 5.69 Å². The van der Waals surface area contributed by atoms with Crippen LogP contribution in [0.25, 0.3) is 5.69 Å². The molecule has 1 unspecified atom stereocenters. The number of sulfone groups is 1. The van der Waals surface area contributed by atoms with E-state index in [0.717, 1.165) is 34.5 Å². The van der Waals surface area contributed by atoms with Gasteiger partial charge in [0.1, 0.15) is 15.9 Å². The molecule has 0 aliphatic carbocycles. The lowest BCUT2D eigenvalue weighted by Crippen LogP contribution is -2.47. The number of carbonyl (C=O) groups is 2. The predicted octanol–water partition coefficient (Wildman–Crippen LogP) is 2.65. The third kappa shape index (κ3) is 6.54. The van der Waals surface area contributed by atoms with Crippen LogP contribution in [0.3, 0.4) is 0 Å². The Morgan fingerprint density at radius 1 is 1.03 bits per heavy atom. The second-order valence-corrected chi connectivity index (χ2v) is 10.7. The van der Waals surface area contributed by atoms with Crippen molar-refractivity contribution >= 4 is 21.7 Å². The highest BCUT2D eigenvalue weighted by molar-refractivity contribution is 7.90. The van der Waals surface area contributed by atoms with Crippen molar-refractivity contribution in [2.24, 2.45) is 0 Å². The molecule has 2 N–H and O–H groups in total. The molecule has 3 rings (SSSR count). The Morgan fingerprint density at radius 2 is 1.74 bits per heavy atom. The molecule has 0 aliphatic rings. The number of benzene rings is 2. The molecular formula is C25H30N4O4S. The van der Waals surface area contributed by atoms with Crippen LogP contribution in [0.15, 0.2) is 54.6 Å². The van der Waals surface area contributed by atoms with Gasteiger partial charge in [0.25, 0.3) is 5.91 Å². The van der Waals surface area contributed by atoms with Crippen LogP contribution in [-0.4, -0.2) is 48.1 Å². The summed E-state index contributed by atoms with van der Waals surface area (Å²) < 4.78 is 25.2. The minimum absolute atomic E-state index is 0.0243. The molecule has 34 heavy (non-hydrogen) atoms. The highest BCUT2D eigenvalue weighted by atomic mass is 32.2. The van der Waals surface area contributed by atoms with Gasteiger partial charge in [-0.1, -0.05) is 35.9 Å². The summed E-state index contributed by atoms with van der Waals surface area (Å²) in [6.07, 6.45) is 1.08. The standard InChI is InChI=1S/C25H30N4O4S/c1-17-9-8-10-20(15-17)24(30)27-23(13-14-34(4,32)33)25(31)26-16-22-18(2)28-29(19(22)3)21-11-6-5-7-12-21/h5-12,15,23H,13-14,16H2,1-4H3,(H,26,31)(H,27,30). The maximum Gasteiger partial charge on any atom is 0.251 e. The molecule has 1 atom stereocenters. The van der Waals surface area contributed by atoms with Crippen LogP contribution in [0.2, 0.25) is 0 Å². The van der Waals surface area contributed by atoms with Gasteiger partial charge in [-0.05, 0) is 51.5 Å². The van der Waals surface area contributed by atoms with E-state index in [1.54, 1.807) is 18.2 Å². The second kappa shape index (κ2) is 10.6. The third-order valence-electron chi connectivity index (χ3n) is 5.56. The fourth-order valence-corrected chi connectivity index (χ4v) is 4.34. The molecule has 0 saturated heterocycles. The van der Waals surface area contributed by atoms with Gasteiger partial charge < -0.3 is 10.6 Å². The van der Waals surface area contributed by atoms with Crippen molar-refractivity contribution in [1.29, 1.82) is 0 Å². The lowest BCUT2D eigenvalue weighted by molar-refractivity contribution is -0.123. The van der Waals surface area contributed by atoms with Gasteiger partial charge in [0.2, 0.25) is 5.91 Å². The third-order valence-corrected chi connectivity index (χ3v) is 6.54. The molecule has 0 aliphatic heterocycles. The van der Waals surface area contributed by atoms with Crippen molar-refractivity contribution in [3.63, 3.8) is 0 Å². The van der Waals surface area contributed by atoms with E-state index < -0.39 is 27.7 Å². The summed E-state index contributed by atoms with van der Waals surface area (Å²) in [4.78, 5) is 25.7. The van der Waals surface area contributed by atoms with E-state index >= 15 is 0 Å². The van der Waals surface area contributed by atoms with Gasteiger partial charge in [-0.25, -0.2) is 13.1 Å². The average molecular weight is 483 g/mol. The smallest absolute Gasteiger partial charge is 0.251 e. The molecule has 1 aromatic heterocycles. The highest BCUT2D eigenvalue weighted by Gasteiger charge is 2.24. The Morgan fingerprint density at radius 3 is 2.38 bits per heavy atom. The molecule has 9 heteroatoms. The second-order valence-electron chi connectivity index (χ2n) is 8.43. The van der Waals surface area contributed by atoms with E-state index in [0.29, 0.717) is 5.56 Å². The van der Waals surface area contributed by atoms with Gasteiger partial charge >= 0.3 is 0 Å². The van der Waals surface area contributed by atoms with E-state index in [9.17, 15) is 18.0 Å². The van der Waals surface area contributed by atoms with E-state index in [-0.39, 0.29) is 18.7 Å². The van der Waals surface area contributed by atoms with Crippen LogP contribution in [0.1, 0.15) is 39.3 Å². The van der Waals surface area contributed by atoms with Gasteiger partial charge in [-0.2, -0.15) is 5.10 Å². The largest absolute Gasteiger partial charge is 0.350 e. The zero-order valence-electron chi connectivity index (χ0n) is 19.8. The SMILES string of the molecule is Cc1cccc(C(=O)NC(CCS(C)(=O)=O)C(=O)NCc2c(C)nn(-c3ccccc3)c2C)c1. The maximum absolute atomic E-state index is 13.0. The molecule has 1 heterocycles. The molecule has 2 aromatic carbocycles. The number of para-hydroxylation sites is 1. The van der Waals surface area contributed by atoms with Crippen molar-refractivity contribution < 1.29 is 18.0 Å². The Bertz CT molecular complexity index is 1280. The summed E-state index contributed by atoms with van der Waals surface area (Å²) in [6, 6.07) is 15.7. The lowest BCUT2D eigenvalue weighted by atomic mass is 10.1. The van der Waals surface area contributed by atoms with Crippen molar-refractivity contribution in [3.05, 3.63) is 82.7 Å². The number of nitrogens with zero attached hydrogens (tertiary/aromatic N) is 2. The van der Waals surface area contributed by atoms with Crippen molar-refractivity contribution in [2.75, 3.05) is 12.0 Å². The number of hydrogen-bond acceptors (Lipinski definition) is 5. The summed E-state index contributed by atoms with van der Waals surface area (Å²) >= 11 is 0. The first kappa shape index (κ1) is 25.2. The quantitative estimate of drug-likeness (QED) is 0.487. The van der Waals surface area contributed by atoms with Gasteiger partial charge in [0.15, 0.2) is 0 Å². The maximum atomic E-state index is 13.0. The van der Waals surface area contributed by atoms with Gasteiger partial charge in [0.05, 0.1) is 17.1 Å². The molecule has 0 spiro atoms. The fraction of sp³-hybridized carbons (Fsp3) is 0.320. The Balaban J connectivity index is 1.75. The zero-order chi connectivity index (χ0) is 24.9. The summed E-state index contributed by atoms with van der Waals surface area (Å²) in [5.41, 5.74) is 4.76. The molecule has 0 bridgehead atoms. The molecule has 0 fully saturated rings. The normalized spacial score (nSPS) is 12.2. The topological polar surface area (TPSA) is 110 Å². The Kier molecular flexibility index (Phi) is 7.88. The summed E-state index contributed by atoms with van der Waals surface area (Å²) in [7, 11) is -3.31. The minimum atomic E-state index is -3.31. The molecular weight excluding hydrogens is 452 g/mol. The van der Waals surface area contributed by atoms with Gasteiger partial charge in [0, 0.05) is 29.6 Å². The van der Waals surface area contributed by atoms with Crippen molar-refractivity contribution in [1.82, 2.24) is 20.4 Å². The summed E-state index contributed by atoms with van der Waals surface area (Å²) in [5, 5.41) is 10.1. The zero-order valence-corrected chi connectivity index (χ0v) is 20.6. The van der Waals surface area contributed by atoms with Crippen LogP contribution in [0.4, 0.5) is 0 Å². The molecule has 0 saturated carbocycles. The van der Waals surface area contributed by atoms with E-state index in [1.165, 1.54) is 0 Å². The van der Waals surface area contributed by atoms with Crippen LogP contribution in [0, 0.1) is 20.8 Å². The monoisotopic (exact) mass is 482 g/mol. The average Bonchev–Trinajstić information content (AvgIpc) is 3.08. The van der Waals surface area contributed by atoms with Gasteiger partial charge in [-0.3, -0.25) is 9.59 Å². The van der Waals surface area contributed by atoms with Crippen LogP contribution >= 0.6 is 0 Å². The Labute approximate surface area is 200 Å². The number of aryl methyl sites for hydroxylation is 2. The molecule has 0 radical (unpaired) electrons.